The number of benzene rings is 1. The van der Waals surface area contributed by atoms with Crippen LogP contribution in [0, 0.1) is 11.7 Å². The van der Waals surface area contributed by atoms with Crippen LogP contribution in [0.4, 0.5) is 4.39 Å². The fraction of sp³-hybridized carbons (Fsp3) is 0.500. The number of hydrogen-bond acceptors (Lipinski definition) is 2. The van der Waals surface area contributed by atoms with Gasteiger partial charge in [-0.1, -0.05) is 24.6 Å². The van der Waals surface area contributed by atoms with E-state index < -0.39 is 0 Å². The first kappa shape index (κ1) is 14.3. The van der Waals surface area contributed by atoms with Crippen molar-refractivity contribution in [2.45, 2.75) is 32.4 Å². The first-order valence-corrected chi connectivity index (χ1v) is 6.85. The molecule has 1 amide bonds. The summed E-state index contributed by atoms with van der Waals surface area (Å²) in [5.74, 6) is -0.637. The summed E-state index contributed by atoms with van der Waals surface area (Å²) in [6.07, 6.45) is 1.93. The van der Waals surface area contributed by atoms with Gasteiger partial charge in [0.2, 0.25) is 5.91 Å². The van der Waals surface area contributed by atoms with Crippen LogP contribution in [-0.2, 0) is 11.3 Å². The third-order valence-electron chi connectivity index (χ3n) is 3.44. The predicted octanol–water partition coefficient (Wildman–Crippen LogP) is 2.56. The van der Waals surface area contributed by atoms with Gasteiger partial charge in [0.1, 0.15) is 5.82 Å². The average molecular weight is 285 g/mol. The maximum atomic E-state index is 13.8. The molecule has 0 radical (unpaired) electrons. The van der Waals surface area contributed by atoms with Crippen LogP contribution in [0.3, 0.4) is 0 Å². The Morgan fingerprint density at radius 2 is 2.26 bits per heavy atom. The molecule has 2 rings (SSSR count). The summed E-state index contributed by atoms with van der Waals surface area (Å²) in [6, 6.07) is 4.77. The highest BCUT2D eigenvalue weighted by Crippen LogP contribution is 2.31. The number of nitrogens with zero attached hydrogens (tertiary/aromatic N) is 1. The summed E-state index contributed by atoms with van der Waals surface area (Å²) in [6.45, 7) is 2.31. The van der Waals surface area contributed by atoms with Gasteiger partial charge >= 0.3 is 0 Å². The van der Waals surface area contributed by atoms with Gasteiger partial charge in [0.05, 0.1) is 6.54 Å². The maximum Gasteiger partial charge on any atom is 0.227 e. The van der Waals surface area contributed by atoms with Crippen LogP contribution in [0.25, 0.3) is 0 Å². The van der Waals surface area contributed by atoms with Crippen LogP contribution in [0.1, 0.15) is 25.3 Å². The van der Waals surface area contributed by atoms with E-state index in [-0.39, 0.29) is 30.2 Å². The van der Waals surface area contributed by atoms with Crippen LogP contribution in [0.15, 0.2) is 18.2 Å². The molecule has 3 nitrogen and oxygen atoms in total. The van der Waals surface area contributed by atoms with Crippen LogP contribution in [-0.4, -0.2) is 23.4 Å². The molecule has 0 spiro atoms. The smallest absolute Gasteiger partial charge is 0.227 e. The van der Waals surface area contributed by atoms with Gasteiger partial charge in [-0.2, -0.15) is 0 Å². The summed E-state index contributed by atoms with van der Waals surface area (Å²) in [5, 5.41) is 0.360. The van der Waals surface area contributed by atoms with E-state index in [1.807, 2.05) is 0 Å². The number of carbonyl (C=O) groups excluding carboxylic acids is 1. The van der Waals surface area contributed by atoms with E-state index in [0.29, 0.717) is 17.1 Å². The van der Waals surface area contributed by atoms with Gasteiger partial charge in [-0.05, 0) is 25.0 Å². The average Bonchev–Trinajstić information content (AvgIpc) is 3.21. The van der Waals surface area contributed by atoms with Gasteiger partial charge in [-0.3, -0.25) is 4.79 Å². The summed E-state index contributed by atoms with van der Waals surface area (Å²) in [4.78, 5) is 14.0. The van der Waals surface area contributed by atoms with Crippen LogP contribution in [0.5, 0.6) is 0 Å². The van der Waals surface area contributed by atoms with E-state index in [1.165, 1.54) is 6.07 Å². The molecule has 0 heterocycles. The molecule has 1 aromatic rings. The lowest BCUT2D eigenvalue weighted by molar-refractivity contribution is -0.135. The lowest BCUT2D eigenvalue weighted by Crippen LogP contribution is -2.39. The highest BCUT2D eigenvalue weighted by atomic mass is 35.5. The second kappa shape index (κ2) is 5.88. The van der Waals surface area contributed by atoms with Crippen molar-refractivity contribution in [2.75, 3.05) is 6.54 Å². The largest absolute Gasteiger partial charge is 0.335 e. The maximum absolute atomic E-state index is 13.8. The van der Waals surface area contributed by atoms with Crippen LogP contribution < -0.4 is 5.73 Å². The highest BCUT2D eigenvalue weighted by Gasteiger charge is 2.34. The van der Waals surface area contributed by atoms with E-state index in [4.69, 9.17) is 17.3 Å². The van der Waals surface area contributed by atoms with Gasteiger partial charge < -0.3 is 10.6 Å². The zero-order chi connectivity index (χ0) is 14.0. The molecule has 104 valence electrons. The molecule has 5 heteroatoms. The second-order valence-corrected chi connectivity index (χ2v) is 5.44. The molecule has 1 unspecified atom stereocenters. The zero-order valence-corrected chi connectivity index (χ0v) is 11.7. The third kappa shape index (κ3) is 3.25. The van der Waals surface area contributed by atoms with Gasteiger partial charge in [-0.25, -0.2) is 4.39 Å². The molecule has 19 heavy (non-hydrogen) atoms. The molecular formula is C14H18ClFN2O. The monoisotopic (exact) mass is 284 g/mol. The van der Waals surface area contributed by atoms with Gasteiger partial charge in [0.25, 0.3) is 0 Å². The number of nitrogens with two attached hydrogens (primary N) is 1. The van der Waals surface area contributed by atoms with Crippen LogP contribution >= 0.6 is 11.6 Å². The second-order valence-electron chi connectivity index (χ2n) is 5.03. The van der Waals surface area contributed by atoms with Crippen LogP contribution in [0.2, 0.25) is 5.02 Å². The number of amides is 1. The van der Waals surface area contributed by atoms with Crippen molar-refractivity contribution in [3.8, 4) is 0 Å². The Kier molecular flexibility index (Phi) is 4.42. The Bertz CT molecular complexity index is 456. The van der Waals surface area contributed by atoms with Crippen molar-refractivity contribution >= 4 is 17.5 Å². The van der Waals surface area contributed by atoms with Gasteiger partial charge in [0, 0.05) is 29.1 Å². The normalized spacial score (nSPS) is 16.2. The molecule has 1 atom stereocenters. The Balaban J connectivity index is 2.20. The van der Waals surface area contributed by atoms with Crippen molar-refractivity contribution in [3.63, 3.8) is 0 Å². The standard InChI is InChI=1S/C14H18ClFN2O/c1-9(7-17)14(19)18(10-5-6-10)8-11-12(15)3-2-4-13(11)16/h2-4,9-10H,5-8,17H2,1H3. The molecule has 0 aliphatic heterocycles. The SMILES string of the molecule is CC(CN)C(=O)N(Cc1c(F)cccc1Cl)C1CC1. The molecule has 1 fully saturated rings. The first-order chi connectivity index (χ1) is 9.04. The Labute approximate surface area is 117 Å². The summed E-state index contributed by atoms with van der Waals surface area (Å²) in [5.41, 5.74) is 5.92. The Morgan fingerprint density at radius 3 is 2.79 bits per heavy atom. The van der Waals surface area contributed by atoms with Crippen molar-refractivity contribution < 1.29 is 9.18 Å². The molecule has 1 aliphatic carbocycles. The minimum Gasteiger partial charge on any atom is -0.335 e. The van der Waals surface area contributed by atoms with Gasteiger partial charge in [0.15, 0.2) is 0 Å². The van der Waals surface area contributed by atoms with Crippen molar-refractivity contribution in [1.29, 1.82) is 0 Å². The summed E-state index contributed by atoms with van der Waals surface area (Å²) < 4.78 is 13.8. The topological polar surface area (TPSA) is 46.3 Å². The molecule has 2 N–H and O–H groups in total. The van der Waals surface area contributed by atoms with E-state index in [9.17, 15) is 9.18 Å². The quantitative estimate of drug-likeness (QED) is 0.903. The molecule has 0 aromatic heterocycles. The molecular weight excluding hydrogens is 267 g/mol. The minimum absolute atomic E-state index is 0.0238. The van der Waals surface area contributed by atoms with E-state index in [0.717, 1.165) is 12.8 Å². The van der Waals surface area contributed by atoms with E-state index in [2.05, 4.69) is 0 Å². The summed E-state index contributed by atoms with van der Waals surface area (Å²) in [7, 11) is 0. The highest BCUT2D eigenvalue weighted by molar-refractivity contribution is 6.31. The van der Waals surface area contributed by atoms with E-state index >= 15 is 0 Å². The number of halogens is 2. The fourth-order valence-corrected chi connectivity index (χ4v) is 2.23. The summed E-state index contributed by atoms with van der Waals surface area (Å²) >= 11 is 6.01. The number of carbonyl (C=O) groups is 1. The molecule has 0 bridgehead atoms. The lowest BCUT2D eigenvalue weighted by Gasteiger charge is -2.26. The Hall–Kier alpha value is -1.13. The minimum atomic E-state index is -0.369. The predicted molar refractivity (Wildman–Crippen MR) is 73.2 cm³/mol. The molecule has 1 saturated carbocycles. The third-order valence-corrected chi connectivity index (χ3v) is 3.79. The lowest BCUT2D eigenvalue weighted by atomic mass is 10.1. The van der Waals surface area contributed by atoms with Gasteiger partial charge in [-0.15, -0.1) is 0 Å². The number of rotatable bonds is 5. The van der Waals surface area contributed by atoms with Crippen molar-refractivity contribution in [3.05, 3.63) is 34.6 Å². The van der Waals surface area contributed by atoms with E-state index in [1.54, 1.807) is 24.0 Å². The fourth-order valence-electron chi connectivity index (χ4n) is 2.01. The van der Waals surface area contributed by atoms with Crippen molar-refractivity contribution in [1.82, 2.24) is 4.90 Å². The first-order valence-electron chi connectivity index (χ1n) is 6.48. The Morgan fingerprint density at radius 1 is 1.58 bits per heavy atom. The molecule has 0 saturated heterocycles. The molecule has 1 aliphatic rings. The van der Waals surface area contributed by atoms with Crippen molar-refractivity contribution in [2.24, 2.45) is 11.7 Å². The zero-order valence-electron chi connectivity index (χ0n) is 10.9. The molecule has 1 aromatic carbocycles. The number of hydrogen-bond donors (Lipinski definition) is 1.